The number of carbonyl (C=O) groups is 9. The fourth-order valence-electron chi connectivity index (χ4n) is 16.6. The first-order chi connectivity index (χ1) is 63.8. The van der Waals surface area contributed by atoms with Gasteiger partial charge in [0.1, 0.15) is 51.6 Å². The number of amides is 9. The zero-order chi connectivity index (χ0) is 91.2. The second kappa shape index (κ2) is 46.6. The highest BCUT2D eigenvalue weighted by atomic mass is 16.6. The number of benzene rings is 6. The monoisotopic (exact) mass is 1780 g/mol. The van der Waals surface area contributed by atoms with Crippen molar-refractivity contribution in [2.45, 2.75) is 162 Å². The van der Waals surface area contributed by atoms with Crippen LogP contribution in [0.25, 0.3) is 22.3 Å². The van der Waals surface area contributed by atoms with Gasteiger partial charge in [-0.3, -0.25) is 59.1 Å². The van der Waals surface area contributed by atoms with Crippen LogP contribution in [0.4, 0.5) is 32.0 Å². The Labute approximate surface area is 758 Å². The summed E-state index contributed by atoms with van der Waals surface area (Å²) >= 11 is 0. The van der Waals surface area contributed by atoms with Gasteiger partial charge in [-0.15, -0.1) is 0 Å². The van der Waals surface area contributed by atoms with Crippen LogP contribution in [0.15, 0.2) is 205 Å². The molecule has 10 bridgehead atoms. The molecule has 0 saturated heterocycles. The Kier molecular flexibility index (Phi) is 33.0. The van der Waals surface area contributed by atoms with Crippen LogP contribution in [0.5, 0.6) is 0 Å². The first kappa shape index (κ1) is 92.9. The molecule has 6 aromatic carbocycles. The minimum atomic E-state index is -0.947. The van der Waals surface area contributed by atoms with Crippen molar-refractivity contribution in [3.05, 3.63) is 266 Å². The molecule has 3 atom stereocenters. The van der Waals surface area contributed by atoms with E-state index in [0.717, 1.165) is 122 Å². The molecule has 13 heterocycles. The lowest BCUT2D eigenvalue weighted by molar-refractivity contribution is -0.144. The van der Waals surface area contributed by atoms with Gasteiger partial charge in [-0.05, 0) is 119 Å². The van der Waals surface area contributed by atoms with Gasteiger partial charge < -0.3 is 58.5 Å². The lowest BCUT2D eigenvalue weighted by atomic mass is 9.82. The third-order valence-corrected chi connectivity index (χ3v) is 24.0. The van der Waals surface area contributed by atoms with Gasteiger partial charge in [0, 0.05) is 71.6 Å². The van der Waals surface area contributed by atoms with Crippen LogP contribution in [-0.2, 0) is 121 Å². The van der Waals surface area contributed by atoms with Crippen molar-refractivity contribution in [1.82, 2.24) is 83.7 Å². The van der Waals surface area contributed by atoms with Crippen molar-refractivity contribution in [2.75, 3.05) is 81.4 Å². The number of aromatic amines is 1. The van der Waals surface area contributed by atoms with Gasteiger partial charge in [0.05, 0.1) is 32.3 Å². The lowest BCUT2D eigenvalue weighted by Crippen LogP contribution is -2.51. The zero-order valence-corrected chi connectivity index (χ0v) is 73.7. The summed E-state index contributed by atoms with van der Waals surface area (Å²) in [5.41, 5.74) is 6.61. The Balaban J connectivity index is 0.810. The van der Waals surface area contributed by atoms with Crippen LogP contribution in [0.3, 0.4) is 0 Å². The van der Waals surface area contributed by atoms with E-state index in [9.17, 15) is 28.8 Å². The van der Waals surface area contributed by atoms with Crippen LogP contribution in [-0.4, -0.2) is 192 Å². The maximum Gasteiger partial charge on any atom is 0.414 e. The molecule has 0 spiro atoms. The van der Waals surface area contributed by atoms with Gasteiger partial charge >= 0.3 is 24.0 Å². The summed E-state index contributed by atoms with van der Waals surface area (Å²) in [6, 6.07) is 53.4. The van der Waals surface area contributed by atoms with Gasteiger partial charge in [-0.25, -0.2) is 39.1 Å². The molecule has 0 fully saturated rings. The largest absolute Gasteiger partial charge is 0.444 e. The molecule has 131 heavy (non-hydrogen) atoms. The van der Waals surface area contributed by atoms with E-state index < -0.39 is 97.7 Å². The van der Waals surface area contributed by atoms with Crippen LogP contribution >= 0.6 is 0 Å². The molecule has 8 aliphatic rings. The third kappa shape index (κ3) is 27.9. The number of ether oxygens (including phenoxy) is 3. The number of nitrogens with zero attached hydrogens (tertiary/aromatic N) is 14. The Bertz CT molecular complexity index is 5840. The third-order valence-electron chi connectivity index (χ3n) is 24.0. The molecule has 3 unspecified atom stereocenters. The smallest absolute Gasteiger partial charge is 0.414 e. The number of imidazole rings is 2. The number of carbonyl (C=O) groups excluding carboxylic acids is 9. The molecule has 34 heteroatoms. The van der Waals surface area contributed by atoms with Gasteiger partial charge in [0.2, 0.25) is 41.4 Å². The molecule has 5 aromatic heterocycles. The quantitative estimate of drug-likeness (QED) is 0.0519. The topological polar surface area (TPSA) is 400 Å². The average molecular weight is 1780 g/mol. The summed E-state index contributed by atoms with van der Waals surface area (Å²) in [5.74, 6) is -2.94. The number of hydrogen-bond acceptors (Lipinski definition) is 21. The highest BCUT2D eigenvalue weighted by molar-refractivity contribution is 5.94. The van der Waals surface area contributed by atoms with Crippen molar-refractivity contribution in [1.29, 1.82) is 0 Å². The van der Waals surface area contributed by atoms with E-state index in [-0.39, 0.29) is 119 Å². The van der Waals surface area contributed by atoms with Crippen molar-refractivity contribution in [3.8, 4) is 0 Å². The van der Waals surface area contributed by atoms with Crippen LogP contribution in [0.1, 0.15) is 134 Å². The van der Waals surface area contributed by atoms with Gasteiger partial charge in [-0.1, -0.05) is 222 Å². The van der Waals surface area contributed by atoms with Crippen molar-refractivity contribution in [3.63, 3.8) is 0 Å². The minimum Gasteiger partial charge on any atom is -0.444 e. The number of H-pyrrole nitrogens is 1. The molecule has 34 nitrogen and oxygen atoms in total. The number of fused-ring (bicyclic) bond motifs is 17. The fraction of sp³-hybridized carbons (Fsp3) is 0.392. The first-order valence-corrected chi connectivity index (χ1v) is 45.0. The molecule has 9 amide bonds. The average Bonchev–Trinajstić information content (AvgIpc) is 1.66. The standard InChI is InChI=1S/C97H112N20O14/c1-68-25-26-71-28-27-69-18-10-5-3-2-4-6-17-42-99-81(118)56-113(86(123)61-117-67-103-88-91(117)107-93(108-92(88)124)109-97(128)131-64-79-23-15-9-16-24-79)48-46-111(54-75-37-31-72(51-69)32-38-75)83(120)58-114(84(121)59-115-44-41-80(104-94(115)125)105-95(126)129-62-77-19-11-7-12-20-77)49-47-112(55-76-39-33-73(52-71)34-40-76)82(119)57-110(45-43-98-53-74-35-29-70(50-68)30-36-74)85(122)60-116-66-102-87-89(100-65-101-90(87)116)106-96(127)130-63-78-21-13-8-14-22-78/h7-9,11-16,19-24,29-41,44,65-69,71,98H,2-6,10,17-18,25-28,42-43,45-64H2,1H3,(H,99,118)(H,100,101,106,127)(H,104,105,125,126)(H2,107,108,109,124,128). The number of rotatable bonds is 15. The van der Waals surface area contributed by atoms with Gasteiger partial charge in [0.25, 0.3) is 5.56 Å². The predicted molar refractivity (Wildman–Crippen MR) is 490 cm³/mol. The Hall–Kier alpha value is -14.3. The molecule has 8 aliphatic heterocycles. The molecule has 11 aromatic rings. The summed E-state index contributed by atoms with van der Waals surface area (Å²) in [4.78, 5) is 195. The molecule has 19 rings (SSSR count). The van der Waals surface area contributed by atoms with Crippen LogP contribution in [0.2, 0.25) is 0 Å². The van der Waals surface area contributed by atoms with Gasteiger partial charge in [-0.2, -0.15) is 9.97 Å². The van der Waals surface area contributed by atoms with E-state index in [2.05, 4.69) is 117 Å². The van der Waals surface area contributed by atoms with Gasteiger partial charge in [0.15, 0.2) is 28.1 Å². The lowest BCUT2D eigenvalue weighted by Gasteiger charge is -2.32. The summed E-state index contributed by atoms with van der Waals surface area (Å²) in [5, 5.41) is 14.1. The molecule has 684 valence electrons. The highest BCUT2D eigenvalue weighted by Crippen LogP contribution is 2.31. The second-order valence-electron chi connectivity index (χ2n) is 33.9. The minimum absolute atomic E-state index is 0.0154. The summed E-state index contributed by atoms with van der Waals surface area (Å²) in [6.07, 6.45) is 16.9. The van der Waals surface area contributed by atoms with E-state index in [4.69, 9.17) is 14.2 Å². The maximum absolute atomic E-state index is 16.1. The molecular weight excluding hydrogens is 1670 g/mol. The Morgan fingerprint density at radius 2 is 0.893 bits per heavy atom. The van der Waals surface area contributed by atoms with Crippen LogP contribution < -0.4 is 37.8 Å². The fourth-order valence-corrected chi connectivity index (χ4v) is 16.6. The van der Waals surface area contributed by atoms with E-state index in [1.165, 1.54) is 70.4 Å². The molecule has 0 saturated carbocycles. The number of nitrogens with one attached hydrogen (secondary N) is 6. The SMILES string of the molecule is CC1CCC2CCC3CCCCCCCCCNC(=O)CN(C(=O)Cn4cnc5c(=O)[nH]c(NC(=O)OCc6ccccc6)nc54)CCN(Cc4ccc(cc4)C3)C(=O)CN(C(=O)Cn3ccc(NC(=O)OCc4ccccc4)nc3=O)CCN(Cc3ccc(cc3)C2)C(=O)CN(C(=O)Cn2cnc3c(NC(=O)OCc4ccccc4)ncnc32)CCNCc2ccc(cc2)C1. The number of anilines is 3. The van der Waals surface area contributed by atoms with E-state index in [1.807, 2.05) is 66.7 Å². The maximum atomic E-state index is 16.1. The van der Waals surface area contributed by atoms with Crippen molar-refractivity contribution < 1.29 is 57.4 Å². The Morgan fingerprint density at radius 3 is 1.47 bits per heavy atom. The highest BCUT2D eigenvalue weighted by Gasteiger charge is 2.31. The van der Waals surface area contributed by atoms with E-state index in [1.54, 1.807) is 48.5 Å². The number of hydrogen-bond donors (Lipinski definition) is 6. The van der Waals surface area contributed by atoms with E-state index >= 15 is 24.0 Å². The molecule has 0 aliphatic carbocycles. The first-order valence-electron chi connectivity index (χ1n) is 45.0. The van der Waals surface area contributed by atoms with Crippen molar-refractivity contribution in [2.24, 2.45) is 17.8 Å². The predicted octanol–water partition coefficient (Wildman–Crippen LogP) is 11.1. The van der Waals surface area contributed by atoms with Crippen LogP contribution in [0, 0.1) is 17.8 Å². The molecular formula is C97H112N20O14. The Morgan fingerprint density at radius 1 is 0.420 bits per heavy atom. The molecule has 0 radical (unpaired) electrons. The van der Waals surface area contributed by atoms with Crippen molar-refractivity contribution >= 4 is 93.6 Å². The zero-order valence-electron chi connectivity index (χ0n) is 73.7. The summed E-state index contributed by atoms with van der Waals surface area (Å²) < 4.78 is 20.1. The number of aromatic nitrogens is 10. The van der Waals surface area contributed by atoms with E-state index in [0.29, 0.717) is 54.0 Å². The molecule has 6 N–H and O–H groups in total. The summed E-state index contributed by atoms with van der Waals surface area (Å²) in [6.45, 7) is -1.22. The summed E-state index contributed by atoms with van der Waals surface area (Å²) in [7, 11) is 0. The second-order valence-corrected chi connectivity index (χ2v) is 33.9. The normalized spacial score (nSPS) is 17.3.